The summed E-state index contributed by atoms with van der Waals surface area (Å²) >= 11 is 0. The van der Waals surface area contributed by atoms with Crippen LogP contribution in [-0.2, 0) is 11.3 Å². The summed E-state index contributed by atoms with van der Waals surface area (Å²) in [6.07, 6.45) is 4.42. The number of piperazine rings is 1. The highest BCUT2D eigenvalue weighted by Gasteiger charge is 2.32. The Balaban J connectivity index is 1.58. The van der Waals surface area contributed by atoms with Gasteiger partial charge in [-0.15, -0.1) is 5.10 Å². The van der Waals surface area contributed by atoms with Crippen LogP contribution in [0, 0.1) is 11.6 Å². The maximum Gasteiger partial charge on any atom is 0.355 e. The number of hydrogen-bond donors (Lipinski definition) is 0. The normalized spacial score (nSPS) is 15.9. The topological polar surface area (TPSA) is 115 Å². The van der Waals surface area contributed by atoms with Gasteiger partial charge in [-0.3, -0.25) is 9.78 Å². The predicted octanol–water partition coefficient (Wildman–Crippen LogP) is 4.09. The molecule has 1 aromatic carbocycles. The first kappa shape index (κ1) is 28.4. The lowest BCUT2D eigenvalue weighted by Gasteiger charge is -2.40. The first-order valence-electron chi connectivity index (χ1n) is 14.6. The molecule has 0 N–H and O–H groups in total. The van der Waals surface area contributed by atoms with Crippen LogP contribution < -0.4 is 10.6 Å². The van der Waals surface area contributed by atoms with Gasteiger partial charge in [0.05, 0.1) is 35.2 Å². The lowest BCUT2D eigenvalue weighted by molar-refractivity contribution is -0.126. The van der Waals surface area contributed by atoms with Crippen LogP contribution in [0.1, 0.15) is 37.9 Å². The summed E-state index contributed by atoms with van der Waals surface area (Å²) < 4.78 is 35.0. The number of benzene rings is 1. The third-order valence-corrected chi connectivity index (χ3v) is 8.46. The average Bonchev–Trinajstić information content (AvgIpc) is 3.47. The van der Waals surface area contributed by atoms with Crippen molar-refractivity contribution in [3.05, 3.63) is 88.8 Å². The Labute approximate surface area is 256 Å². The molecule has 2 bridgehead atoms. The van der Waals surface area contributed by atoms with E-state index in [1.165, 1.54) is 35.0 Å². The Hall–Kier alpha value is -5.33. The van der Waals surface area contributed by atoms with Crippen LogP contribution in [0.2, 0.25) is 0 Å². The largest absolute Gasteiger partial charge is 0.355 e. The standard InChI is InChI=1S/C32H29F2N9O2/c1-5-25(44)40-11-12-41(18(4)15-40)30-21-13-23(34)28-26-20(7-6-8-22(26)33)24-14-36-39-42(24)16-19-9-10-35-27(17(2)3)29(19)43(31(21)37-28)32(45)38-30/h5-10,13-14,17-18H,1,11-12,15-16H2,2-4H3/t18-/m0/s1. The molecule has 1 fully saturated rings. The highest BCUT2D eigenvalue weighted by Crippen LogP contribution is 2.39. The zero-order valence-electron chi connectivity index (χ0n) is 24.9. The van der Waals surface area contributed by atoms with Crippen molar-refractivity contribution in [1.29, 1.82) is 0 Å². The van der Waals surface area contributed by atoms with Gasteiger partial charge in [0.2, 0.25) is 5.91 Å². The number of anilines is 1. The first-order chi connectivity index (χ1) is 21.7. The smallest absolute Gasteiger partial charge is 0.350 e. The summed E-state index contributed by atoms with van der Waals surface area (Å²) in [7, 11) is 0. The number of rotatable bonds is 3. The fourth-order valence-electron chi connectivity index (χ4n) is 6.35. The first-order valence-corrected chi connectivity index (χ1v) is 14.6. The monoisotopic (exact) mass is 609 g/mol. The minimum Gasteiger partial charge on any atom is -0.350 e. The molecule has 1 saturated heterocycles. The van der Waals surface area contributed by atoms with Crippen molar-refractivity contribution in [2.45, 2.75) is 39.3 Å². The summed E-state index contributed by atoms with van der Waals surface area (Å²) in [5.74, 6) is -1.55. The third-order valence-electron chi connectivity index (χ3n) is 8.46. The van der Waals surface area contributed by atoms with Gasteiger partial charge in [0.25, 0.3) is 0 Å². The van der Waals surface area contributed by atoms with E-state index in [1.807, 2.05) is 25.7 Å². The number of amides is 1. The Bertz CT molecular complexity index is 2090. The van der Waals surface area contributed by atoms with Gasteiger partial charge >= 0.3 is 5.69 Å². The maximum atomic E-state index is 16.3. The quantitative estimate of drug-likeness (QED) is 0.276. The third kappa shape index (κ3) is 4.49. The van der Waals surface area contributed by atoms with Gasteiger partial charge in [-0.1, -0.05) is 37.8 Å². The molecule has 228 valence electrons. The van der Waals surface area contributed by atoms with Crippen LogP contribution in [0.25, 0.3) is 39.2 Å². The van der Waals surface area contributed by atoms with Crippen LogP contribution >= 0.6 is 0 Å². The van der Waals surface area contributed by atoms with Gasteiger partial charge in [0.15, 0.2) is 11.5 Å². The number of pyridine rings is 2. The second kappa shape index (κ2) is 10.7. The number of nitrogens with zero attached hydrogens (tertiary/aromatic N) is 9. The number of fused-ring (bicyclic) bond motifs is 7. The van der Waals surface area contributed by atoms with E-state index in [0.29, 0.717) is 47.8 Å². The highest BCUT2D eigenvalue weighted by atomic mass is 19.1. The van der Waals surface area contributed by atoms with Crippen molar-refractivity contribution in [3.8, 4) is 28.2 Å². The molecule has 0 saturated carbocycles. The second-order valence-electron chi connectivity index (χ2n) is 11.6. The lowest BCUT2D eigenvalue weighted by Crippen LogP contribution is -2.54. The zero-order valence-corrected chi connectivity index (χ0v) is 24.9. The molecule has 1 atom stereocenters. The van der Waals surface area contributed by atoms with Crippen LogP contribution in [-0.4, -0.2) is 71.0 Å². The van der Waals surface area contributed by atoms with Crippen molar-refractivity contribution >= 4 is 22.8 Å². The molecule has 0 radical (unpaired) electrons. The van der Waals surface area contributed by atoms with Gasteiger partial charge in [0, 0.05) is 48.6 Å². The molecule has 11 nitrogen and oxygen atoms in total. The molecule has 6 heterocycles. The fourth-order valence-corrected chi connectivity index (χ4v) is 6.35. The van der Waals surface area contributed by atoms with E-state index in [-0.39, 0.29) is 52.5 Å². The maximum absolute atomic E-state index is 16.3. The van der Waals surface area contributed by atoms with Gasteiger partial charge in [0.1, 0.15) is 17.3 Å². The van der Waals surface area contributed by atoms with Crippen molar-refractivity contribution < 1.29 is 13.6 Å². The Kier molecular flexibility index (Phi) is 6.75. The Morgan fingerprint density at radius 3 is 2.71 bits per heavy atom. The van der Waals surface area contributed by atoms with Crippen LogP contribution in [0.4, 0.5) is 14.6 Å². The Morgan fingerprint density at radius 1 is 1.13 bits per heavy atom. The molecule has 1 amide bonds. The fraction of sp³-hybridized carbons (Fsp3) is 0.281. The van der Waals surface area contributed by atoms with E-state index in [2.05, 4.69) is 26.9 Å². The van der Waals surface area contributed by atoms with Gasteiger partial charge in [-0.05, 0) is 37.1 Å². The van der Waals surface area contributed by atoms with E-state index in [0.717, 1.165) is 0 Å². The number of halogens is 2. The minimum absolute atomic E-state index is 0.0732. The highest BCUT2D eigenvalue weighted by molar-refractivity contribution is 5.92. The van der Waals surface area contributed by atoms with E-state index in [4.69, 9.17) is 4.98 Å². The lowest BCUT2D eigenvalue weighted by atomic mass is 10.00. The predicted molar refractivity (Wildman–Crippen MR) is 164 cm³/mol. The van der Waals surface area contributed by atoms with E-state index in [9.17, 15) is 9.59 Å². The van der Waals surface area contributed by atoms with E-state index < -0.39 is 17.3 Å². The number of carbonyl (C=O) groups is 1. The molecule has 13 heteroatoms. The van der Waals surface area contributed by atoms with Crippen molar-refractivity contribution in [2.75, 3.05) is 24.5 Å². The van der Waals surface area contributed by atoms with Crippen LogP contribution in [0.5, 0.6) is 0 Å². The summed E-state index contributed by atoms with van der Waals surface area (Å²) in [5, 5.41) is 8.61. The Morgan fingerprint density at radius 2 is 1.96 bits per heavy atom. The van der Waals surface area contributed by atoms with Crippen LogP contribution in [0.3, 0.4) is 0 Å². The molecular weight excluding hydrogens is 580 g/mol. The molecule has 2 aliphatic heterocycles. The molecule has 7 rings (SSSR count). The summed E-state index contributed by atoms with van der Waals surface area (Å²) in [5.41, 5.74) is 1.67. The zero-order chi connectivity index (χ0) is 31.6. The van der Waals surface area contributed by atoms with Crippen molar-refractivity contribution in [3.63, 3.8) is 0 Å². The summed E-state index contributed by atoms with van der Waals surface area (Å²) in [4.78, 5) is 44.0. The van der Waals surface area contributed by atoms with Crippen molar-refractivity contribution in [1.82, 2.24) is 39.4 Å². The minimum atomic E-state index is -0.788. The molecule has 4 aromatic heterocycles. The average molecular weight is 610 g/mol. The SMILES string of the molecule is C=CC(=O)N1CCN(c2nc(=O)n3c4nc(c(F)cc24)-c2c(F)cccc2-c2cnnn2Cc2ccnc(C(C)C)c2-3)[C@@H](C)C1. The van der Waals surface area contributed by atoms with E-state index >= 15 is 8.78 Å². The molecular formula is C32H29F2N9O2. The summed E-state index contributed by atoms with van der Waals surface area (Å²) in [6.45, 7) is 10.6. The van der Waals surface area contributed by atoms with Gasteiger partial charge in [-0.25, -0.2) is 27.8 Å². The number of carbonyl (C=O) groups excluding carboxylic acids is 1. The second-order valence-corrected chi connectivity index (χ2v) is 11.6. The van der Waals surface area contributed by atoms with E-state index in [1.54, 1.807) is 27.9 Å². The molecule has 45 heavy (non-hydrogen) atoms. The van der Waals surface area contributed by atoms with Gasteiger partial charge in [-0.2, -0.15) is 4.98 Å². The van der Waals surface area contributed by atoms with Gasteiger partial charge < -0.3 is 9.80 Å². The number of aromatic nitrogens is 7. The molecule has 2 aliphatic rings. The molecule has 0 aliphatic carbocycles. The number of hydrogen-bond acceptors (Lipinski definition) is 8. The van der Waals surface area contributed by atoms with Crippen molar-refractivity contribution in [2.24, 2.45) is 0 Å². The molecule has 0 spiro atoms. The van der Waals surface area contributed by atoms with Crippen LogP contribution in [0.15, 0.2) is 60.2 Å². The molecule has 5 aromatic rings. The molecule has 0 unspecified atom stereocenters. The summed E-state index contributed by atoms with van der Waals surface area (Å²) in [6, 6.07) is 7.23.